The summed E-state index contributed by atoms with van der Waals surface area (Å²) in [6.07, 6.45) is 1.08. The van der Waals surface area contributed by atoms with Crippen LogP contribution in [0, 0.1) is 20.8 Å². The van der Waals surface area contributed by atoms with Gasteiger partial charge in [-0.25, -0.2) is 0 Å². The molecule has 20 heavy (non-hydrogen) atoms. The summed E-state index contributed by atoms with van der Waals surface area (Å²) in [5, 5.41) is 2.86. The van der Waals surface area contributed by atoms with Gasteiger partial charge in [-0.2, -0.15) is 0 Å². The molecule has 0 atom stereocenters. The molecular weight excluding hydrogens is 240 g/mol. The first kappa shape index (κ1) is 11.7. The number of aryl methyl sites for hydroxylation is 2. The number of hydrogen-bond acceptors (Lipinski definition) is 0. The molecule has 0 amide bonds. The molecule has 3 aromatic rings. The third-order valence-electron chi connectivity index (χ3n) is 4.92. The van der Waals surface area contributed by atoms with E-state index in [2.05, 4.69) is 63.2 Å². The highest BCUT2D eigenvalue weighted by Gasteiger charge is 2.21. The van der Waals surface area contributed by atoms with Gasteiger partial charge in [-0.1, -0.05) is 42.5 Å². The first-order valence-corrected chi connectivity index (χ1v) is 7.27. The maximum Gasteiger partial charge on any atom is -0.000718 e. The lowest BCUT2D eigenvalue weighted by atomic mass is 9.91. The van der Waals surface area contributed by atoms with Gasteiger partial charge in [0.05, 0.1) is 0 Å². The lowest BCUT2D eigenvalue weighted by molar-refractivity contribution is 1.25. The molecule has 1 aliphatic rings. The minimum absolute atomic E-state index is 1.08. The zero-order valence-electron chi connectivity index (χ0n) is 12.2. The fourth-order valence-electron chi connectivity index (χ4n) is 3.62. The largest absolute Gasteiger partial charge is 0.0619 e. The molecule has 3 aromatic carbocycles. The van der Waals surface area contributed by atoms with Crippen LogP contribution in [0.3, 0.4) is 0 Å². The van der Waals surface area contributed by atoms with Crippen LogP contribution in [0.1, 0.15) is 27.8 Å². The Morgan fingerprint density at radius 3 is 2.45 bits per heavy atom. The van der Waals surface area contributed by atoms with Crippen molar-refractivity contribution in [3.63, 3.8) is 0 Å². The van der Waals surface area contributed by atoms with Gasteiger partial charge in [0, 0.05) is 0 Å². The van der Waals surface area contributed by atoms with Crippen molar-refractivity contribution in [3.05, 3.63) is 70.3 Å². The molecule has 0 saturated carbocycles. The molecule has 0 radical (unpaired) electrons. The Kier molecular flexibility index (Phi) is 2.32. The predicted octanol–water partition coefficient (Wildman–Crippen LogP) is 5.34. The third-order valence-corrected chi connectivity index (χ3v) is 4.92. The van der Waals surface area contributed by atoms with Crippen LogP contribution in [0.15, 0.2) is 42.5 Å². The summed E-state index contributed by atoms with van der Waals surface area (Å²) in [4.78, 5) is 0. The topological polar surface area (TPSA) is 0 Å². The van der Waals surface area contributed by atoms with Gasteiger partial charge < -0.3 is 0 Å². The molecule has 0 spiro atoms. The molecule has 0 aromatic heterocycles. The van der Waals surface area contributed by atoms with E-state index in [1.807, 2.05) is 0 Å². The molecule has 4 rings (SSSR count). The van der Waals surface area contributed by atoms with Gasteiger partial charge in [-0.05, 0) is 76.9 Å². The van der Waals surface area contributed by atoms with Crippen molar-refractivity contribution in [2.24, 2.45) is 0 Å². The summed E-state index contributed by atoms with van der Waals surface area (Å²) in [7, 11) is 0. The average molecular weight is 258 g/mol. The standard InChI is InChI=1S/C20H18/c1-12-10-16-8-9-18-17-7-5-4-6-15(17)11-19(18)20(16)14(3)13(12)2/h4-10H,11H2,1-3H3. The van der Waals surface area contributed by atoms with Crippen LogP contribution in [0.25, 0.3) is 21.9 Å². The van der Waals surface area contributed by atoms with Gasteiger partial charge in [0.2, 0.25) is 0 Å². The normalized spacial score (nSPS) is 12.6. The van der Waals surface area contributed by atoms with Gasteiger partial charge in [0.25, 0.3) is 0 Å². The predicted molar refractivity (Wildman–Crippen MR) is 86.4 cm³/mol. The number of hydrogen-bond donors (Lipinski definition) is 0. The number of rotatable bonds is 0. The molecule has 0 nitrogen and oxygen atoms in total. The Balaban J connectivity index is 2.13. The van der Waals surface area contributed by atoms with Gasteiger partial charge in [0.15, 0.2) is 0 Å². The van der Waals surface area contributed by atoms with Crippen LogP contribution in [-0.2, 0) is 6.42 Å². The Hall–Kier alpha value is -2.08. The molecule has 0 fully saturated rings. The SMILES string of the molecule is Cc1cc2ccc3c(c2c(C)c1C)Cc1ccccc1-3. The number of fused-ring (bicyclic) bond motifs is 5. The van der Waals surface area contributed by atoms with Crippen molar-refractivity contribution >= 4 is 10.8 Å². The summed E-state index contributed by atoms with van der Waals surface area (Å²) in [5.74, 6) is 0. The monoisotopic (exact) mass is 258 g/mol. The van der Waals surface area contributed by atoms with Crippen molar-refractivity contribution in [2.75, 3.05) is 0 Å². The molecule has 1 aliphatic carbocycles. The summed E-state index contributed by atoms with van der Waals surface area (Å²) < 4.78 is 0. The maximum atomic E-state index is 2.33. The van der Waals surface area contributed by atoms with Crippen LogP contribution >= 0.6 is 0 Å². The molecule has 0 bridgehead atoms. The third kappa shape index (κ3) is 1.42. The Labute approximate surface area is 120 Å². The maximum absolute atomic E-state index is 2.33. The molecular formula is C20H18. The fraction of sp³-hybridized carbons (Fsp3) is 0.200. The van der Waals surface area contributed by atoms with Crippen LogP contribution in [0.5, 0.6) is 0 Å². The second kappa shape index (κ2) is 3.96. The molecule has 98 valence electrons. The van der Waals surface area contributed by atoms with E-state index in [0.717, 1.165) is 6.42 Å². The molecule has 0 N–H and O–H groups in total. The highest BCUT2D eigenvalue weighted by Crippen LogP contribution is 2.42. The zero-order valence-corrected chi connectivity index (χ0v) is 12.2. The summed E-state index contributed by atoms with van der Waals surface area (Å²) in [6, 6.07) is 15.7. The summed E-state index contributed by atoms with van der Waals surface area (Å²) >= 11 is 0. The lowest BCUT2D eigenvalue weighted by Crippen LogP contribution is -1.93. The van der Waals surface area contributed by atoms with E-state index >= 15 is 0 Å². The van der Waals surface area contributed by atoms with E-state index in [1.54, 1.807) is 0 Å². The van der Waals surface area contributed by atoms with E-state index in [9.17, 15) is 0 Å². The second-order valence-corrected chi connectivity index (χ2v) is 5.97. The molecule has 0 heterocycles. The molecule has 0 saturated heterocycles. The fourth-order valence-corrected chi connectivity index (χ4v) is 3.62. The lowest BCUT2D eigenvalue weighted by Gasteiger charge is -2.13. The zero-order chi connectivity index (χ0) is 13.9. The molecule has 0 heteroatoms. The summed E-state index contributed by atoms with van der Waals surface area (Å²) in [5.41, 5.74) is 10.1. The second-order valence-electron chi connectivity index (χ2n) is 5.97. The Morgan fingerprint density at radius 1 is 0.800 bits per heavy atom. The van der Waals surface area contributed by atoms with Crippen LogP contribution in [-0.4, -0.2) is 0 Å². The van der Waals surface area contributed by atoms with E-state index in [4.69, 9.17) is 0 Å². The Morgan fingerprint density at radius 2 is 1.60 bits per heavy atom. The van der Waals surface area contributed by atoms with Crippen molar-refractivity contribution in [1.29, 1.82) is 0 Å². The smallest absolute Gasteiger partial charge is 0.000718 e. The van der Waals surface area contributed by atoms with Gasteiger partial charge in [-0.3, -0.25) is 0 Å². The van der Waals surface area contributed by atoms with Gasteiger partial charge >= 0.3 is 0 Å². The highest BCUT2D eigenvalue weighted by molar-refractivity contribution is 5.98. The first-order chi connectivity index (χ1) is 9.66. The minimum atomic E-state index is 1.08. The Bertz CT molecular complexity index is 854. The van der Waals surface area contributed by atoms with Gasteiger partial charge in [0.1, 0.15) is 0 Å². The van der Waals surface area contributed by atoms with Crippen LogP contribution in [0.2, 0.25) is 0 Å². The highest BCUT2D eigenvalue weighted by atomic mass is 14.2. The first-order valence-electron chi connectivity index (χ1n) is 7.27. The van der Waals surface area contributed by atoms with E-state index in [-0.39, 0.29) is 0 Å². The number of benzene rings is 3. The van der Waals surface area contributed by atoms with Crippen LogP contribution in [0.4, 0.5) is 0 Å². The van der Waals surface area contributed by atoms with Gasteiger partial charge in [-0.15, -0.1) is 0 Å². The minimum Gasteiger partial charge on any atom is -0.0619 e. The van der Waals surface area contributed by atoms with E-state index < -0.39 is 0 Å². The summed E-state index contributed by atoms with van der Waals surface area (Å²) in [6.45, 7) is 6.73. The quantitative estimate of drug-likeness (QED) is 0.399. The molecule has 0 aliphatic heterocycles. The van der Waals surface area contributed by atoms with E-state index in [0.29, 0.717) is 0 Å². The average Bonchev–Trinajstić information content (AvgIpc) is 2.83. The van der Waals surface area contributed by atoms with Crippen LogP contribution < -0.4 is 0 Å². The van der Waals surface area contributed by atoms with E-state index in [1.165, 1.54) is 49.7 Å². The van der Waals surface area contributed by atoms with Crippen molar-refractivity contribution in [2.45, 2.75) is 27.2 Å². The molecule has 0 unspecified atom stereocenters. The van der Waals surface area contributed by atoms with Crippen molar-refractivity contribution in [3.8, 4) is 11.1 Å². The van der Waals surface area contributed by atoms with Crippen molar-refractivity contribution < 1.29 is 0 Å². The van der Waals surface area contributed by atoms with Crippen molar-refractivity contribution in [1.82, 2.24) is 0 Å².